The highest BCUT2D eigenvalue weighted by atomic mass is 32.2. The zero-order valence-electron chi connectivity index (χ0n) is 10.3. The van der Waals surface area contributed by atoms with Crippen molar-refractivity contribution < 1.29 is 22.7 Å². The first-order chi connectivity index (χ1) is 9.31. The lowest BCUT2D eigenvalue weighted by Gasteiger charge is -2.08. The molecule has 0 saturated carbocycles. The molecule has 0 radical (unpaired) electrons. The molecule has 5 nitrogen and oxygen atoms in total. The van der Waals surface area contributed by atoms with Crippen molar-refractivity contribution in [1.82, 2.24) is 0 Å². The van der Waals surface area contributed by atoms with E-state index in [-0.39, 0.29) is 15.5 Å². The van der Waals surface area contributed by atoms with Crippen molar-refractivity contribution in [3.63, 3.8) is 0 Å². The van der Waals surface area contributed by atoms with Crippen molar-refractivity contribution in [1.29, 1.82) is 0 Å². The Morgan fingerprint density at radius 3 is 2.65 bits per heavy atom. The van der Waals surface area contributed by atoms with E-state index < -0.39 is 21.8 Å². The SMILES string of the molecule is Cc1ccc(S(=O)(=O)Nc2ccsc2C(=O)O)cc1F. The molecular formula is C12H10FNO4S2. The van der Waals surface area contributed by atoms with Crippen LogP contribution in [0.4, 0.5) is 10.1 Å². The van der Waals surface area contributed by atoms with Gasteiger partial charge in [0.1, 0.15) is 10.7 Å². The van der Waals surface area contributed by atoms with Gasteiger partial charge >= 0.3 is 5.97 Å². The monoisotopic (exact) mass is 315 g/mol. The normalized spacial score (nSPS) is 11.3. The maximum atomic E-state index is 13.4. The summed E-state index contributed by atoms with van der Waals surface area (Å²) in [5.41, 5.74) is 0.286. The Morgan fingerprint density at radius 2 is 2.05 bits per heavy atom. The summed E-state index contributed by atoms with van der Waals surface area (Å²) >= 11 is 0.899. The molecule has 0 aliphatic heterocycles. The Bertz CT molecular complexity index is 768. The Morgan fingerprint density at radius 1 is 1.35 bits per heavy atom. The van der Waals surface area contributed by atoms with E-state index in [0.29, 0.717) is 5.56 Å². The van der Waals surface area contributed by atoms with Crippen LogP contribution in [-0.4, -0.2) is 19.5 Å². The fourth-order valence-corrected chi connectivity index (χ4v) is 3.33. The first kappa shape index (κ1) is 14.5. The highest BCUT2D eigenvalue weighted by Gasteiger charge is 2.20. The van der Waals surface area contributed by atoms with E-state index in [1.807, 2.05) is 0 Å². The predicted molar refractivity (Wildman–Crippen MR) is 73.2 cm³/mol. The standard InChI is InChI=1S/C12H10FNO4S2/c1-7-2-3-8(6-9(7)13)20(17,18)14-10-4-5-19-11(10)12(15)16/h2-6,14H,1H3,(H,15,16). The van der Waals surface area contributed by atoms with Crippen LogP contribution in [0, 0.1) is 12.7 Å². The lowest BCUT2D eigenvalue weighted by molar-refractivity contribution is 0.0703. The van der Waals surface area contributed by atoms with Crippen molar-refractivity contribution in [2.75, 3.05) is 4.72 Å². The van der Waals surface area contributed by atoms with Crippen molar-refractivity contribution >= 4 is 33.0 Å². The quantitative estimate of drug-likeness (QED) is 0.908. The van der Waals surface area contributed by atoms with Gasteiger partial charge in [-0.3, -0.25) is 4.72 Å². The highest BCUT2D eigenvalue weighted by molar-refractivity contribution is 7.92. The third-order valence-corrected chi connectivity index (χ3v) is 4.82. The van der Waals surface area contributed by atoms with E-state index in [0.717, 1.165) is 17.4 Å². The summed E-state index contributed by atoms with van der Waals surface area (Å²) in [5.74, 6) is -1.87. The third kappa shape index (κ3) is 2.81. The summed E-state index contributed by atoms with van der Waals surface area (Å²) in [4.78, 5) is 10.5. The molecule has 0 saturated heterocycles. The van der Waals surface area contributed by atoms with E-state index in [1.165, 1.54) is 30.5 Å². The molecule has 2 rings (SSSR count). The van der Waals surface area contributed by atoms with E-state index in [4.69, 9.17) is 5.11 Å². The Kier molecular flexibility index (Phi) is 3.78. The number of hydrogen-bond acceptors (Lipinski definition) is 4. The van der Waals surface area contributed by atoms with Crippen LogP contribution in [0.3, 0.4) is 0 Å². The molecular weight excluding hydrogens is 305 g/mol. The van der Waals surface area contributed by atoms with E-state index >= 15 is 0 Å². The fourth-order valence-electron chi connectivity index (χ4n) is 1.50. The molecule has 106 valence electrons. The van der Waals surface area contributed by atoms with E-state index in [1.54, 1.807) is 0 Å². The molecule has 0 aliphatic carbocycles. The lowest BCUT2D eigenvalue weighted by Crippen LogP contribution is -2.14. The topological polar surface area (TPSA) is 83.5 Å². The molecule has 0 spiro atoms. The second kappa shape index (κ2) is 5.22. The summed E-state index contributed by atoms with van der Waals surface area (Å²) in [7, 11) is -4.03. The average molecular weight is 315 g/mol. The Balaban J connectivity index is 2.38. The molecule has 8 heteroatoms. The second-order valence-electron chi connectivity index (χ2n) is 3.99. The number of halogens is 1. The van der Waals surface area contributed by atoms with Crippen LogP contribution in [0.15, 0.2) is 34.5 Å². The van der Waals surface area contributed by atoms with Crippen molar-refractivity contribution in [3.8, 4) is 0 Å². The number of thiophene rings is 1. The zero-order valence-corrected chi connectivity index (χ0v) is 11.9. The molecule has 1 aromatic carbocycles. The number of aromatic carboxylic acids is 1. The molecule has 0 bridgehead atoms. The number of carbonyl (C=O) groups is 1. The van der Waals surface area contributed by atoms with Crippen LogP contribution >= 0.6 is 11.3 Å². The number of rotatable bonds is 4. The third-order valence-electron chi connectivity index (χ3n) is 2.56. The summed E-state index contributed by atoms with van der Waals surface area (Å²) < 4.78 is 39.7. The number of nitrogens with one attached hydrogen (secondary N) is 1. The van der Waals surface area contributed by atoms with Gasteiger partial charge in [-0.15, -0.1) is 11.3 Å². The van der Waals surface area contributed by atoms with Gasteiger partial charge in [0.15, 0.2) is 0 Å². The summed E-state index contributed by atoms with van der Waals surface area (Å²) in [6.45, 7) is 1.51. The summed E-state index contributed by atoms with van der Waals surface area (Å²) in [6, 6.07) is 4.84. The Hall–Kier alpha value is -1.93. The molecule has 20 heavy (non-hydrogen) atoms. The number of carboxylic acids is 1. The molecule has 0 unspecified atom stereocenters. The highest BCUT2D eigenvalue weighted by Crippen LogP contribution is 2.25. The van der Waals surface area contributed by atoms with Crippen LogP contribution in [0.2, 0.25) is 0 Å². The average Bonchev–Trinajstić information content (AvgIpc) is 2.80. The van der Waals surface area contributed by atoms with Gasteiger partial charge < -0.3 is 5.11 Å². The molecule has 2 aromatic rings. The maximum absolute atomic E-state index is 13.4. The van der Waals surface area contributed by atoms with Crippen LogP contribution in [-0.2, 0) is 10.0 Å². The van der Waals surface area contributed by atoms with Gasteiger partial charge in [-0.25, -0.2) is 17.6 Å². The number of anilines is 1. The molecule has 0 fully saturated rings. The first-order valence-corrected chi connectivity index (χ1v) is 7.77. The number of hydrogen-bond donors (Lipinski definition) is 2. The maximum Gasteiger partial charge on any atom is 0.348 e. The van der Waals surface area contributed by atoms with Gasteiger partial charge in [-0.1, -0.05) is 6.07 Å². The van der Waals surface area contributed by atoms with Gasteiger partial charge in [0.25, 0.3) is 10.0 Å². The van der Waals surface area contributed by atoms with Crippen LogP contribution in [0.5, 0.6) is 0 Å². The molecule has 2 N–H and O–H groups in total. The van der Waals surface area contributed by atoms with Gasteiger partial charge in [0.2, 0.25) is 0 Å². The van der Waals surface area contributed by atoms with Crippen LogP contribution in [0.1, 0.15) is 15.2 Å². The minimum atomic E-state index is -4.03. The van der Waals surface area contributed by atoms with Gasteiger partial charge in [0.05, 0.1) is 10.6 Å². The number of benzene rings is 1. The molecule has 1 heterocycles. The molecule has 1 aromatic heterocycles. The van der Waals surface area contributed by atoms with Crippen LogP contribution < -0.4 is 4.72 Å². The van der Waals surface area contributed by atoms with Crippen molar-refractivity contribution in [2.45, 2.75) is 11.8 Å². The number of aryl methyl sites for hydroxylation is 1. The zero-order chi connectivity index (χ0) is 14.9. The number of carboxylic acid groups (broad SMARTS) is 1. The summed E-state index contributed by atoms with van der Waals surface area (Å²) in [5, 5.41) is 10.4. The molecule has 0 atom stereocenters. The first-order valence-electron chi connectivity index (χ1n) is 5.41. The van der Waals surface area contributed by atoms with Crippen molar-refractivity contribution in [2.24, 2.45) is 0 Å². The number of sulfonamides is 1. The lowest BCUT2D eigenvalue weighted by atomic mass is 10.2. The smallest absolute Gasteiger partial charge is 0.348 e. The van der Waals surface area contributed by atoms with Gasteiger partial charge in [0, 0.05) is 0 Å². The Labute approximate surface area is 118 Å². The van der Waals surface area contributed by atoms with E-state index in [2.05, 4.69) is 4.72 Å². The predicted octanol–water partition coefficient (Wildman–Crippen LogP) is 2.69. The second-order valence-corrected chi connectivity index (χ2v) is 6.58. The fraction of sp³-hybridized carbons (Fsp3) is 0.0833. The largest absolute Gasteiger partial charge is 0.477 e. The molecule has 0 aliphatic rings. The minimum Gasteiger partial charge on any atom is -0.477 e. The van der Waals surface area contributed by atoms with Gasteiger partial charge in [-0.2, -0.15) is 0 Å². The van der Waals surface area contributed by atoms with E-state index in [9.17, 15) is 17.6 Å². The van der Waals surface area contributed by atoms with Crippen molar-refractivity contribution in [3.05, 3.63) is 45.9 Å². The van der Waals surface area contributed by atoms with Gasteiger partial charge in [-0.05, 0) is 36.1 Å². The molecule has 0 amide bonds. The minimum absolute atomic E-state index is 0.0384. The summed E-state index contributed by atoms with van der Waals surface area (Å²) in [6.07, 6.45) is 0. The van der Waals surface area contributed by atoms with Crippen LogP contribution in [0.25, 0.3) is 0 Å².